The molecule has 4 aromatic rings. The molecule has 178 valence electrons. The van der Waals surface area contributed by atoms with Crippen molar-refractivity contribution in [1.82, 2.24) is 15.1 Å². The van der Waals surface area contributed by atoms with Gasteiger partial charge in [-0.1, -0.05) is 29.8 Å². The van der Waals surface area contributed by atoms with E-state index < -0.39 is 6.04 Å². The smallest absolute Gasteiger partial charge is 0.273 e. The van der Waals surface area contributed by atoms with Crippen LogP contribution in [0.15, 0.2) is 54.6 Å². The van der Waals surface area contributed by atoms with E-state index >= 15 is 0 Å². The van der Waals surface area contributed by atoms with Gasteiger partial charge in [-0.05, 0) is 60.0 Å². The lowest BCUT2D eigenvalue weighted by molar-refractivity contribution is 0.0730. The fourth-order valence-electron chi connectivity index (χ4n) is 4.42. The lowest BCUT2D eigenvalue weighted by atomic mass is 9.94. The Balaban J connectivity index is 1.69. The third-order valence-electron chi connectivity index (χ3n) is 6.18. The molecule has 3 aromatic carbocycles. The highest BCUT2D eigenvalue weighted by Crippen LogP contribution is 2.47. The van der Waals surface area contributed by atoms with E-state index in [1.807, 2.05) is 0 Å². The van der Waals surface area contributed by atoms with Crippen LogP contribution in [-0.2, 0) is 6.54 Å². The fraction of sp³-hybridized carbons (Fsp3) is 0.154. The third-order valence-corrected chi connectivity index (χ3v) is 6.59. The maximum Gasteiger partial charge on any atom is 0.273 e. The Morgan fingerprint density at radius 1 is 1.11 bits per heavy atom. The topological polar surface area (TPSA) is 98.7 Å². The number of phenolic OH excluding ortho intramolecular Hbond substituents is 2. The summed E-state index contributed by atoms with van der Waals surface area (Å²) < 4.78 is 18.8. The van der Waals surface area contributed by atoms with E-state index in [1.165, 1.54) is 25.3 Å². The van der Waals surface area contributed by atoms with E-state index in [1.54, 1.807) is 48.2 Å². The predicted octanol–water partition coefficient (Wildman–Crippen LogP) is 5.34. The molecule has 0 saturated heterocycles. The molecule has 35 heavy (non-hydrogen) atoms. The van der Waals surface area contributed by atoms with E-state index in [9.17, 15) is 19.4 Å². The van der Waals surface area contributed by atoms with Crippen LogP contribution in [0.2, 0.25) is 5.02 Å². The number of amides is 1. The highest BCUT2D eigenvalue weighted by molar-refractivity contribution is 6.31. The Labute approximate surface area is 205 Å². The number of halogens is 2. The molecule has 5 rings (SSSR count). The van der Waals surface area contributed by atoms with E-state index in [2.05, 4.69) is 10.2 Å². The van der Waals surface area contributed by atoms with Crippen molar-refractivity contribution in [2.75, 3.05) is 7.11 Å². The van der Waals surface area contributed by atoms with Crippen molar-refractivity contribution in [3.05, 3.63) is 93.4 Å². The molecule has 7 nitrogen and oxygen atoms in total. The zero-order chi connectivity index (χ0) is 24.9. The van der Waals surface area contributed by atoms with E-state index in [-0.39, 0.29) is 41.2 Å². The summed E-state index contributed by atoms with van der Waals surface area (Å²) in [6.07, 6.45) is 0. The number of ether oxygens (including phenoxy) is 1. The van der Waals surface area contributed by atoms with E-state index in [0.717, 1.165) is 5.56 Å². The first-order valence-corrected chi connectivity index (χ1v) is 11.2. The summed E-state index contributed by atoms with van der Waals surface area (Å²) >= 11 is 6.34. The number of methoxy groups -OCH3 is 1. The summed E-state index contributed by atoms with van der Waals surface area (Å²) in [5.41, 5.74) is 3.69. The van der Waals surface area contributed by atoms with Gasteiger partial charge in [-0.15, -0.1) is 0 Å². The molecule has 0 saturated carbocycles. The standard InChI is InChI=1S/C26H21ClFN3O4/c1-13-9-20(33)17(11-18(13)27)23-22-24(30-29-23)26(34)31(12-14-3-6-16(28)7-4-14)25(22)15-5-8-19(32)21(10-15)35-2/h3-11,25,32-33H,12H2,1-2H3,(H,29,30)/t25-/m0/s1. The number of aryl methyl sites for hydroxylation is 1. The second kappa shape index (κ2) is 8.63. The fourth-order valence-corrected chi connectivity index (χ4v) is 4.58. The highest BCUT2D eigenvalue weighted by atomic mass is 35.5. The van der Waals surface area contributed by atoms with Gasteiger partial charge in [0, 0.05) is 22.7 Å². The number of carbonyl (C=O) groups is 1. The van der Waals surface area contributed by atoms with Gasteiger partial charge in [0.1, 0.15) is 23.0 Å². The Morgan fingerprint density at radius 2 is 1.86 bits per heavy atom. The van der Waals surface area contributed by atoms with Gasteiger partial charge < -0.3 is 19.8 Å². The minimum Gasteiger partial charge on any atom is -0.507 e. The molecule has 1 aliphatic rings. The normalized spacial score (nSPS) is 14.9. The maximum absolute atomic E-state index is 13.5. The SMILES string of the molecule is COc1cc([C@H]2c3c(-c4cc(Cl)c(C)cc4O)n[nH]c3C(=O)N2Cc2ccc(F)cc2)ccc1O. The minimum absolute atomic E-state index is 0.0207. The Hall–Kier alpha value is -4.04. The lowest BCUT2D eigenvalue weighted by Crippen LogP contribution is -2.29. The second-order valence-electron chi connectivity index (χ2n) is 8.37. The van der Waals surface area contributed by atoms with Crippen LogP contribution in [0.25, 0.3) is 11.3 Å². The number of hydrogen-bond acceptors (Lipinski definition) is 5. The number of aromatic amines is 1. The number of aromatic nitrogens is 2. The molecule has 1 aliphatic heterocycles. The number of rotatable bonds is 5. The number of phenols is 2. The van der Waals surface area contributed by atoms with Gasteiger partial charge in [-0.3, -0.25) is 9.89 Å². The number of fused-ring (bicyclic) bond motifs is 1. The molecular weight excluding hydrogens is 473 g/mol. The van der Waals surface area contributed by atoms with Crippen LogP contribution < -0.4 is 4.74 Å². The van der Waals surface area contributed by atoms with Crippen molar-refractivity contribution in [2.45, 2.75) is 19.5 Å². The van der Waals surface area contributed by atoms with Crippen LogP contribution >= 0.6 is 11.6 Å². The van der Waals surface area contributed by atoms with Crippen LogP contribution in [0.4, 0.5) is 4.39 Å². The third kappa shape index (κ3) is 3.85. The van der Waals surface area contributed by atoms with Gasteiger partial charge in [-0.2, -0.15) is 5.10 Å². The first-order valence-electron chi connectivity index (χ1n) is 10.8. The summed E-state index contributed by atoms with van der Waals surface area (Å²) in [6, 6.07) is 13.3. The van der Waals surface area contributed by atoms with E-state index in [4.69, 9.17) is 16.3 Å². The number of carbonyl (C=O) groups excluding carboxylic acids is 1. The Kier molecular flexibility index (Phi) is 5.61. The average Bonchev–Trinajstić information content (AvgIpc) is 3.37. The van der Waals surface area contributed by atoms with Crippen molar-refractivity contribution in [1.29, 1.82) is 0 Å². The van der Waals surface area contributed by atoms with Gasteiger partial charge in [-0.25, -0.2) is 4.39 Å². The van der Waals surface area contributed by atoms with Crippen molar-refractivity contribution in [3.63, 3.8) is 0 Å². The number of aromatic hydroxyl groups is 2. The quantitative estimate of drug-likeness (QED) is 0.348. The summed E-state index contributed by atoms with van der Waals surface area (Å²) in [5, 5.41) is 28.4. The van der Waals surface area contributed by atoms with Gasteiger partial charge >= 0.3 is 0 Å². The lowest BCUT2D eigenvalue weighted by Gasteiger charge is -2.27. The Bertz CT molecular complexity index is 1450. The highest BCUT2D eigenvalue weighted by Gasteiger charge is 2.42. The molecule has 1 atom stereocenters. The van der Waals surface area contributed by atoms with Gasteiger partial charge in [0.2, 0.25) is 0 Å². The molecule has 0 bridgehead atoms. The van der Waals surface area contributed by atoms with Gasteiger partial charge in [0.15, 0.2) is 11.5 Å². The van der Waals surface area contributed by atoms with Crippen molar-refractivity contribution < 1.29 is 24.1 Å². The molecule has 3 N–H and O–H groups in total. The van der Waals surface area contributed by atoms with Crippen molar-refractivity contribution in [2.24, 2.45) is 0 Å². The summed E-state index contributed by atoms with van der Waals surface area (Å²) in [5.74, 6) is -0.493. The van der Waals surface area contributed by atoms with Crippen LogP contribution in [0, 0.1) is 12.7 Å². The number of hydrogen-bond donors (Lipinski definition) is 3. The van der Waals surface area contributed by atoms with Gasteiger partial charge in [0.05, 0.1) is 13.2 Å². The zero-order valence-electron chi connectivity index (χ0n) is 18.8. The van der Waals surface area contributed by atoms with E-state index in [0.29, 0.717) is 33.0 Å². The maximum atomic E-state index is 13.5. The van der Waals surface area contributed by atoms with Crippen molar-refractivity contribution >= 4 is 17.5 Å². The van der Waals surface area contributed by atoms with Crippen LogP contribution in [0.5, 0.6) is 17.2 Å². The molecular formula is C26H21ClFN3O4. The van der Waals surface area contributed by atoms with Crippen LogP contribution in [-0.4, -0.2) is 38.3 Å². The van der Waals surface area contributed by atoms with Crippen molar-refractivity contribution in [3.8, 4) is 28.5 Å². The van der Waals surface area contributed by atoms with Crippen LogP contribution in [0.3, 0.4) is 0 Å². The zero-order valence-corrected chi connectivity index (χ0v) is 19.6. The number of benzene rings is 3. The minimum atomic E-state index is -0.634. The molecule has 0 aliphatic carbocycles. The first-order chi connectivity index (χ1) is 16.8. The molecule has 0 radical (unpaired) electrons. The molecule has 1 amide bonds. The molecule has 0 unspecified atom stereocenters. The summed E-state index contributed by atoms with van der Waals surface area (Å²) in [4.78, 5) is 15.2. The van der Waals surface area contributed by atoms with Gasteiger partial charge in [0.25, 0.3) is 5.91 Å². The summed E-state index contributed by atoms with van der Waals surface area (Å²) in [7, 11) is 1.44. The molecule has 9 heteroatoms. The molecule has 0 spiro atoms. The average molecular weight is 494 g/mol. The van der Waals surface area contributed by atoms with Crippen LogP contribution in [0.1, 0.15) is 38.8 Å². The Morgan fingerprint density at radius 3 is 2.57 bits per heavy atom. The monoisotopic (exact) mass is 493 g/mol. The molecule has 1 aromatic heterocycles. The largest absolute Gasteiger partial charge is 0.507 e. The molecule has 0 fully saturated rings. The summed E-state index contributed by atoms with van der Waals surface area (Å²) in [6.45, 7) is 1.97. The first kappa shape index (κ1) is 22.7. The number of nitrogens with one attached hydrogen (secondary N) is 1. The molecule has 2 heterocycles. The number of nitrogens with zero attached hydrogens (tertiary/aromatic N) is 2. The predicted molar refractivity (Wildman–Crippen MR) is 128 cm³/mol. The number of H-pyrrole nitrogens is 1. The second-order valence-corrected chi connectivity index (χ2v) is 8.78.